The molecule has 2 aromatic rings. The molecule has 156 valence electrons. The first-order valence-corrected chi connectivity index (χ1v) is 10.6. The molecule has 0 fully saturated rings. The van der Waals surface area contributed by atoms with Gasteiger partial charge in [-0.15, -0.1) is 0 Å². The summed E-state index contributed by atoms with van der Waals surface area (Å²) in [6, 6.07) is 17.7. The Kier molecular flexibility index (Phi) is 8.91. The lowest BCUT2D eigenvalue weighted by atomic mass is 10.1. The van der Waals surface area contributed by atoms with Gasteiger partial charge in [-0.2, -0.15) is 0 Å². The Morgan fingerprint density at radius 3 is 2.31 bits per heavy atom. The molecule has 0 spiro atoms. The van der Waals surface area contributed by atoms with E-state index < -0.39 is 6.04 Å². The molecule has 1 N–H and O–H groups in total. The van der Waals surface area contributed by atoms with Gasteiger partial charge in [0.15, 0.2) is 0 Å². The Morgan fingerprint density at radius 2 is 1.69 bits per heavy atom. The molecule has 0 aliphatic rings. The number of carbonyl (C=O) groups excluding carboxylic acids is 2. The summed E-state index contributed by atoms with van der Waals surface area (Å²) in [6.45, 7) is 9.20. The van der Waals surface area contributed by atoms with Crippen LogP contribution in [0.4, 0.5) is 0 Å². The molecule has 2 amide bonds. The van der Waals surface area contributed by atoms with E-state index in [0.29, 0.717) is 38.3 Å². The zero-order valence-electron chi connectivity index (χ0n) is 18.2. The van der Waals surface area contributed by atoms with E-state index in [4.69, 9.17) is 0 Å². The van der Waals surface area contributed by atoms with Crippen molar-refractivity contribution in [3.63, 3.8) is 0 Å². The predicted molar refractivity (Wildman–Crippen MR) is 118 cm³/mol. The van der Waals surface area contributed by atoms with Crippen molar-refractivity contribution in [2.24, 2.45) is 5.92 Å². The van der Waals surface area contributed by atoms with Gasteiger partial charge in [0.2, 0.25) is 11.8 Å². The summed E-state index contributed by atoms with van der Waals surface area (Å²) in [6.07, 6.45) is 1.66. The number of hydrogen-bond donors (Lipinski definition) is 1. The fraction of sp³-hybridized carbons (Fsp3) is 0.440. The predicted octanol–water partition coefficient (Wildman–Crippen LogP) is 4.51. The van der Waals surface area contributed by atoms with Crippen molar-refractivity contribution in [1.29, 1.82) is 0 Å². The van der Waals surface area contributed by atoms with Crippen molar-refractivity contribution in [1.82, 2.24) is 10.2 Å². The van der Waals surface area contributed by atoms with Gasteiger partial charge >= 0.3 is 0 Å². The smallest absolute Gasteiger partial charge is 0.242 e. The van der Waals surface area contributed by atoms with Crippen molar-refractivity contribution in [2.75, 3.05) is 6.54 Å². The maximum atomic E-state index is 13.2. The van der Waals surface area contributed by atoms with Gasteiger partial charge in [-0.25, -0.2) is 0 Å². The average molecular weight is 395 g/mol. The van der Waals surface area contributed by atoms with Gasteiger partial charge in [-0.3, -0.25) is 9.59 Å². The molecule has 0 saturated heterocycles. The van der Waals surface area contributed by atoms with Crippen molar-refractivity contribution < 1.29 is 9.59 Å². The molecule has 4 nitrogen and oxygen atoms in total. The molecule has 0 saturated carbocycles. The van der Waals surface area contributed by atoms with E-state index >= 15 is 0 Å². The van der Waals surface area contributed by atoms with Crippen molar-refractivity contribution in [3.05, 3.63) is 71.3 Å². The first-order chi connectivity index (χ1) is 13.9. The van der Waals surface area contributed by atoms with Crippen LogP contribution in [0, 0.1) is 12.8 Å². The number of aryl methyl sites for hydroxylation is 2. The largest absolute Gasteiger partial charge is 0.354 e. The fourth-order valence-corrected chi connectivity index (χ4v) is 3.39. The third kappa shape index (κ3) is 7.37. The quantitative estimate of drug-likeness (QED) is 0.645. The topological polar surface area (TPSA) is 49.4 Å². The number of benzene rings is 2. The summed E-state index contributed by atoms with van der Waals surface area (Å²) in [5.41, 5.74) is 3.33. The van der Waals surface area contributed by atoms with Gasteiger partial charge in [-0.1, -0.05) is 80.9 Å². The summed E-state index contributed by atoms with van der Waals surface area (Å²) in [4.78, 5) is 27.8. The minimum Gasteiger partial charge on any atom is -0.354 e. The monoisotopic (exact) mass is 394 g/mol. The fourth-order valence-electron chi connectivity index (χ4n) is 3.39. The highest BCUT2D eigenvalue weighted by Gasteiger charge is 2.28. The molecule has 1 unspecified atom stereocenters. The van der Waals surface area contributed by atoms with Crippen molar-refractivity contribution in [2.45, 2.75) is 59.5 Å². The molecular formula is C25H34N2O2. The molecule has 2 rings (SSSR count). The Morgan fingerprint density at radius 1 is 1.00 bits per heavy atom. The number of hydrogen-bond acceptors (Lipinski definition) is 2. The third-order valence-corrected chi connectivity index (χ3v) is 4.98. The standard InChI is InChI=1S/C25H34N2O2/c1-5-23(25(29)26-17-19(2)3)27(18-22-13-9-10-20(4)16-22)24(28)15-14-21-11-7-6-8-12-21/h6-13,16,19,23H,5,14-15,17-18H2,1-4H3,(H,26,29). The van der Waals surface area contributed by atoms with Crippen LogP contribution < -0.4 is 5.32 Å². The van der Waals surface area contributed by atoms with Crippen LogP contribution in [0.2, 0.25) is 0 Å². The molecule has 0 aliphatic carbocycles. The minimum absolute atomic E-state index is 0.0157. The lowest BCUT2D eigenvalue weighted by molar-refractivity contribution is -0.141. The van der Waals surface area contributed by atoms with E-state index in [1.165, 1.54) is 0 Å². The van der Waals surface area contributed by atoms with E-state index in [-0.39, 0.29) is 11.8 Å². The zero-order valence-corrected chi connectivity index (χ0v) is 18.2. The Bertz CT molecular complexity index is 786. The lowest BCUT2D eigenvalue weighted by Gasteiger charge is -2.31. The first kappa shape index (κ1) is 22.7. The molecule has 4 heteroatoms. The van der Waals surface area contributed by atoms with Crippen LogP contribution in [-0.2, 0) is 22.6 Å². The number of carbonyl (C=O) groups is 2. The van der Waals surface area contributed by atoms with E-state index in [2.05, 4.69) is 25.2 Å². The van der Waals surface area contributed by atoms with E-state index in [0.717, 1.165) is 16.7 Å². The van der Waals surface area contributed by atoms with Crippen LogP contribution in [0.5, 0.6) is 0 Å². The van der Waals surface area contributed by atoms with Gasteiger partial charge in [0, 0.05) is 19.5 Å². The summed E-state index contributed by atoms with van der Waals surface area (Å²) < 4.78 is 0. The summed E-state index contributed by atoms with van der Waals surface area (Å²) in [5.74, 6) is 0.319. The second kappa shape index (κ2) is 11.4. The number of nitrogens with one attached hydrogen (secondary N) is 1. The summed E-state index contributed by atoms with van der Waals surface area (Å²) in [5, 5.41) is 3.01. The highest BCUT2D eigenvalue weighted by atomic mass is 16.2. The highest BCUT2D eigenvalue weighted by Crippen LogP contribution is 2.16. The SMILES string of the molecule is CCC(C(=O)NCC(C)C)N(Cc1cccc(C)c1)C(=O)CCc1ccccc1. The van der Waals surface area contributed by atoms with Crippen LogP contribution >= 0.6 is 0 Å². The maximum Gasteiger partial charge on any atom is 0.242 e. The molecule has 0 radical (unpaired) electrons. The molecule has 0 bridgehead atoms. The molecular weight excluding hydrogens is 360 g/mol. The third-order valence-electron chi connectivity index (χ3n) is 4.98. The Balaban J connectivity index is 2.18. The second-order valence-corrected chi connectivity index (χ2v) is 8.06. The van der Waals surface area contributed by atoms with Gasteiger partial charge < -0.3 is 10.2 Å². The first-order valence-electron chi connectivity index (χ1n) is 10.6. The molecule has 0 aromatic heterocycles. The molecule has 1 atom stereocenters. The zero-order chi connectivity index (χ0) is 21.2. The number of rotatable bonds is 10. The van der Waals surface area contributed by atoms with Crippen LogP contribution in [0.1, 0.15) is 50.3 Å². The van der Waals surface area contributed by atoms with Crippen molar-refractivity contribution in [3.8, 4) is 0 Å². The van der Waals surface area contributed by atoms with E-state index in [9.17, 15) is 9.59 Å². The molecule has 0 aliphatic heterocycles. The highest BCUT2D eigenvalue weighted by molar-refractivity contribution is 5.87. The van der Waals surface area contributed by atoms with E-state index in [1.54, 1.807) is 4.90 Å². The average Bonchev–Trinajstić information content (AvgIpc) is 2.71. The van der Waals surface area contributed by atoms with Crippen LogP contribution in [0.15, 0.2) is 54.6 Å². The summed E-state index contributed by atoms with van der Waals surface area (Å²) >= 11 is 0. The normalized spacial score (nSPS) is 11.9. The second-order valence-electron chi connectivity index (χ2n) is 8.06. The van der Waals surface area contributed by atoms with E-state index in [1.807, 2.05) is 62.4 Å². The van der Waals surface area contributed by atoms with Gasteiger partial charge in [0.1, 0.15) is 6.04 Å². The van der Waals surface area contributed by atoms with Gasteiger partial charge in [0.05, 0.1) is 0 Å². The molecule has 2 aromatic carbocycles. The Hall–Kier alpha value is -2.62. The number of nitrogens with zero attached hydrogens (tertiary/aromatic N) is 1. The summed E-state index contributed by atoms with van der Waals surface area (Å²) in [7, 11) is 0. The number of amides is 2. The minimum atomic E-state index is -0.461. The maximum absolute atomic E-state index is 13.2. The van der Waals surface area contributed by atoms with Gasteiger partial charge in [0.25, 0.3) is 0 Å². The molecule has 0 heterocycles. The Labute approximate surface area is 175 Å². The lowest BCUT2D eigenvalue weighted by Crippen LogP contribution is -2.49. The van der Waals surface area contributed by atoms with Crippen molar-refractivity contribution >= 4 is 11.8 Å². The van der Waals surface area contributed by atoms with Crippen LogP contribution in [0.25, 0.3) is 0 Å². The van der Waals surface area contributed by atoms with Crippen LogP contribution in [-0.4, -0.2) is 29.3 Å². The molecule has 29 heavy (non-hydrogen) atoms. The van der Waals surface area contributed by atoms with Gasteiger partial charge in [-0.05, 0) is 36.8 Å². The van der Waals surface area contributed by atoms with Crippen LogP contribution in [0.3, 0.4) is 0 Å².